The van der Waals surface area contributed by atoms with Crippen molar-refractivity contribution < 1.29 is 19.4 Å². The van der Waals surface area contributed by atoms with Crippen LogP contribution in [-0.4, -0.2) is 30.1 Å². The Hall–Kier alpha value is -2.24. The summed E-state index contributed by atoms with van der Waals surface area (Å²) >= 11 is 0. The molecule has 4 N–H and O–H groups in total. The van der Waals surface area contributed by atoms with Gasteiger partial charge in [0.05, 0.1) is 11.3 Å². The van der Waals surface area contributed by atoms with E-state index in [0.717, 1.165) is 12.8 Å². The molecule has 2 rings (SSSR count). The van der Waals surface area contributed by atoms with Crippen LogP contribution in [0.25, 0.3) is 0 Å². The molecule has 0 heterocycles. The molecule has 0 radical (unpaired) electrons. The lowest BCUT2D eigenvalue weighted by Gasteiger charge is -2.09. The van der Waals surface area contributed by atoms with Gasteiger partial charge in [0.25, 0.3) is 5.91 Å². The Labute approximate surface area is 110 Å². The second-order valence-corrected chi connectivity index (χ2v) is 4.59. The van der Waals surface area contributed by atoms with Crippen molar-refractivity contribution in [2.24, 2.45) is 5.92 Å². The van der Waals surface area contributed by atoms with Gasteiger partial charge in [-0.05, 0) is 37.0 Å². The number of carbonyl (C=O) groups is 2. The molecule has 1 amide bonds. The molecule has 0 aliphatic heterocycles. The van der Waals surface area contributed by atoms with Crippen molar-refractivity contribution in [3.8, 4) is 5.75 Å². The van der Waals surface area contributed by atoms with Gasteiger partial charge < -0.3 is 20.9 Å². The number of aromatic carboxylic acids is 1. The van der Waals surface area contributed by atoms with Crippen molar-refractivity contribution in [2.75, 3.05) is 18.9 Å². The Bertz CT molecular complexity index is 497. The third-order valence-corrected chi connectivity index (χ3v) is 2.90. The molecule has 102 valence electrons. The Morgan fingerprint density at radius 1 is 1.42 bits per heavy atom. The molecular weight excluding hydrogens is 248 g/mol. The van der Waals surface area contributed by atoms with Gasteiger partial charge in [-0.1, -0.05) is 0 Å². The highest BCUT2D eigenvalue weighted by molar-refractivity contribution is 5.89. The molecule has 1 aromatic rings. The van der Waals surface area contributed by atoms with Crippen LogP contribution < -0.4 is 15.8 Å². The lowest BCUT2D eigenvalue weighted by atomic mass is 10.2. The molecule has 0 bridgehead atoms. The van der Waals surface area contributed by atoms with Crippen LogP contribution in [0.4, 0.5) is 5.69 Å². The van der Waals surface area contributed by atoms with E-state index in [1.807, 2.05) is 0 Å². The van der Waals surface area contributed by atoms with Gasteiger partial charge in [0.1, 0.15) is 5.75 Å². The molecule has 0 spiro atoms. The first-order chi connectivity index (χ1) is 9.06. The monoisotopic (exact) mass is 264 g/mol. The van der Waals surface area contributed by atoms with E-state index in [1.54, 1.807) is 0 Å². The summed E-state index contributed by atoms with van der Waals surface area (Å²) in [5, 5.41) is 11.6. The van der Waals surface area contributed by atoms with Crippen molar-refractivity contribution in [1.82, 2.24) is 5.32 Å². The van der Waals surface area contributed by atoms with Gasteiger partial charge in [-0.3, -0.25) is 4.79 Å². The predicted molar refractivity (Wildman–Crippen MR) is 69.0 cm³/mol. The predicted octanol–water partition coefficient (Wildman–Crippen LogP) is 0.872. The van der Waals surface area contributed by atoms with Gasteiger partial charge in [-0.25, -0.2) is 4.79 Å². The lowest BCUT2D eigenvalue weighted by molar-refractivity contribution is -0.123. The summed E-state index contributed by atoms with van der Waals surface area (Å²) in [7, 11) is 0. The average Bonchev–Trinajstić information content (AvgIpc) is 3.19. The number of ether oxygens (including phenoxy) is 1. The standard InChI is InChI=1S/C13H16N2O4/c14-10-4-3-9(13(17)18)5-11(10)19-7-12(16)15-6-8-1-2-8/h3-5,8H,1-2,6-7,14H2,(H,15,16)(H,17,18). The zero-order valence-corrected chi connectivity index (χ0v) is 10.4. The number of amides is 1. The normalized spacial score (nSPS) is 13.9. The molecule has 6 heteroatoms. The molecule has 0 aromatic heterocycles. The summed E-state index contributed by atoms with van der Waals surface area (Å²) in [6, 6.07) is 4.14. The van der Waals surface area contributed by atoms with Crippen LogP contribution in [-0.2, 0) is 4.79 Å². The topological polar surface area (TPSA) is 102 Å². The van der Waals surface area contributed by atoms with Crippen LogP contribution >= 0.6 is 0 Å². The lowest BCUT2D eigenvalue weighted by Crippen LogP contribution is -2.30. The van der Waals surface area contributed by atoms with Gasteiger partial charge >= 0.3 is 5.97 Å². The molecule has 1 saturated carbocycles. The number of nitrogens with one attached hydrogen (secondary N) is 1. The minimum atomic E-state index is -1.07. The maximum Gasteiger partial charge on any atom is 0.335 e. The second kappa shape index (κ2) is 5.60. The third kappa shape index (κ3) is 3.87. The Morgan fingerprint density at radius 3 is 2.79 bits per heavy atom. The fourth-order valence-electron chi connectivity index (χ4n) is 1.57. The second-order valence-electron chi connectivity index (χ2n) is 4.59. The minimum Gasteiger partial charge on any atom is -0.482 e. The number of hydrogen-bond acceptors (Lipinski definition) is 4. The average molecular weight is 264 g/mol. The first-order valence-corrected chi connectivity index (χ1v) is 6.08. The first kappa shape index (κ1) is 13.2. The quantitative estimate of drug-likeness (QED) is 0.662. The van der Waals surface area contributed by atoms with Crippen molar-refractivity contribution in [3.05, 3.63) is 23.8 Å². The van der Waals surface area contributed by atoms with E-state index in [4.69, 9.17) is 15.6 Å². The van der Waals surface area contributed by atoms with Gasteiger partial charge in [0.15, 0.2) is 6.61 Å². The zero-order valence-electron chi connectivity index (χ0n) is 10.4. The molecule has 6 nitrogen and oxygen atoms in total. The molecule has 1 aliphatic carbocycles. The number of carbonyl (C=O) groups excluding carboxylic acids is 1. The number of benzene rings is 1. The van der Waals surface area contributed by atoms with Crippen molar-refractivity contribution in [1.29, 1.82) is 0 Å². The van der Waals surface area contributed by atoms with Crippen LogP contribution in [0.15, 0.2) is 18.2 Å². The van der Waals surface area contributed by atoms with Crippen LogP contribution in [0.2, 0.25) is 0 Å². The Kier molecular flexibility index (Phi) is 3.89. The van der Waals surface area contributed by atoms with Crippen LogP contribution in [0.5, 0.6) is 5.75 Å². The number of rotatable bonds is 6. The zero-order chi connectivity index (χ0) is 13.8. The molecule has 1 aliphatic rings. The fourth-order valence-corrected chi connectivity index (χ4v) is 1.57. The van der Waals surface area contributed by atoms with Crippen LogP contribution in [0.1, 0.15) is 23.2 Å². The first-order valence-electron chi connectivity index (χ1n) is 6.08. The summed E-state index contributed by atoms with van der Waals surface area (Å²) in [6.45, 7) is 0.507. The highest BCUT2D eigenvalue weighted by Crippen LogP contribution is 2.27. The number of carboxylic acids is 1. The molecule has 19 heavy (non-hydrogen) atoms. The molecule has 1 fully saturated rings. The minimum absolute atomic E-state index is 0.0718. The highest BCUT2D eigenvalue weighted by atomic mass is 16.5. The molecule has 0 unspecified atom stereocenters. The summed E-state index contributed by atoms with van der Waals surface area (Å²) in [4.78, 5) is 22.3. The Balaban J connectivity index is 1.88. The third-order valence-electron chi connectivity index (χ3n) is 2.90. The van der Waals surface area contributed by atoms with Crippen LogP contribution in [0.3, 0.4) is 0 Å². The van der Waals surface area contributed by atoms with Crippen LogP contribution in [0, 0.1) is 5.92 Å². The van der Waals surface area contributed by atoms with E-state index >= 15 is 0 Å². The largest absolute Gasteiger partial charge is 0.482 e. The van der Waals surface area contributed by atoms with E-state index in [1.165, 1.54) is 18.2 Å². The van der Waals surface area contributed by atoms with E-state index in [-0.39, 0.29) is 23.8 Å². The van der Waals surface area contributed by atoms with Crippen molar-refractivity contribution in [2.45, 2.75) is 12.8 Å². The fraction of sp³-hybridized carbons (Fsp3) is 0.385. The van der Waals surface area contributed by atoms with Gasteiger partial charge in [0, 0.05) is 6.54 Å². The van der Waals surface area contributed by atoms with E-state index < -0.39 is 5.97 Å². The number of hydrogen-bond donors (Lipinski definition) is 3. The smallest absolute Gasteiger partial charge is 0.335 e. The number of carboxylic acid groups (broad SMARTS) is 1. The summed E-state index contributed by atoms with van der Waals surface area (Å²) in [5.41, 5.74) is 6.04. The van der Waals surface area contributed by atoms with Gasteiger partial charge in [-0.15, -0.1) is 0 Å². The summed E-state index contributed by atoms with van der Waals surface area (Å²) in [5.74, 6) is -0.485. The van der Waals surface area contributed by atoms with Crippen molar-refractivity contribution in [3.63, 3.8) is 0 Å². The van der Waals surface area contributed by atoms with E-state index in [0.29, 0.717) is 18.2 Å². The number of anilines is 1. The summed E-state index contributed by atoms with van der Waals surface area (Å²) < 4.78 is 5.24. The maximum absolute atomic E-state index is 11.5. The number of nitrogens with two attached hydrogens (primary N) is 1. The Morgan fingerprint density at radius 2 is 2.16 bits per heavy atom. The maximum atomic E-state index is 11.5. The van der Waals surface area contributed by atoms with Crippen molar-refractivity contribution >= 4 is 17.6 Å². The summed E-state index contributed by atoms with van der Waals surface area (Å²) in [6.07, 6.45) is 2.32. The number of nitrogen functional groups attached to an aromatic ring is 1. The molecule has 0 saturated heterocycles. The highest BCUT2D eigenvalue weighted by Gasteiger charge is 2.21. The van der Waals surface area contributed by atoms with E-state index in [2.05, 4.69) is 5.32 Å². The molecule has 1 aromatic carbocycles. The van der Waals surface area contributed by atoms with Gasteiger partial charge in [0.2, 0.25) is 0 Å². The van der Waals surface area contributed by atoms with E-state index in [9.17, 15) is 9.59 Å². The SMILES string of the molecule is Nc1ccc(C(=O)O)cc1OCC(=O)NCC1CC1. The molecular formula is C13H16N2O4. The molecule has 0 atom stereocenters. The van der Waals surface area contributed by atoms with Gasteiger partial charge in [-0.2, -0.15) is 0 Å².